The number of morpholine rings is 1. The fourth-order valence-electron chi connectivity index (χ4n) is 2.29. The Morgan fingerprint density at radius 3 is 2.33 bits per heavy atom. The van der Waals surface area contributed by atoms with E-state index in [-0.39, 0.29) is 14.9 Å². The van der Waals surface area contributed by atoms with Gasteiger partial charge in [-0.1, -0.05) is 23.2 Å². The Morgan fingerprint density at radius 2 is 1.71 bits per heavy atom. The molecule has 1 aromatic heterocycles. The zero-order chi connectivity index (χ0) is 17.3. The van der Waals surface area contributed by atoms with Crippen LogP contribution in [0.25, 0.3) is 5.69 Å². The maximum Gasteiger partial charge on any atom is 0.291 e. The smallest absolute Gasteiger partial charge is 0.291 e. The van der Waals surface area contributed by atoms with E-state index in [2.05, 4.69) is 5.10 Å². The van der Waals surface area contributed by atoms with Crippen molar-refractivity contribution in [3.8, 4) is 5.69 Å². The first-order valence-electron chi connectivity index (χ1n) is 7.03. The van der Waals surface area contributed by atoms with Gasteiger partial charge in [0.1, 0.15) is 5.02 Å². The first kappa shape index (κ1) is 17.4. The SMILES string of the molecule is O=c1c(Cl)c(Cl)cnn1-c1ccc(S(=O)(=O)N2CCOCC2)cc1. The van der Waals surface area contributed by atoms with Gasteiger partial charge < -0.3 is 4.74 Å². The summed E-state index contributed by atoms with van der Waals surface area (Å²) < 4.78 is 32.7. The fourth-order valence-corrected chi connectivity index (χ4v) is 3.95. The first-order valence-corrected chi connectivity index (χ1v) is 9.22. The molecule has 1 saturated heterocycles. The van der Waals surface area contributed by atoms with Crippen molar-refractivity contribution < 1.29 is 13.2 Å². The van der Waals surface area contributed by atoms with Crippen molar-refractivity contribution in [1.29, 1.82) is 0 Å². The van der Waals surface area contributed by atoms with Gasteiger partial charge in [0.15, 0.2) is 0 Å². The molecule has 1 fully saturated rings. The molecule has 0 saturated carbocycles. The van der Waals surface area contributed by atoms with Gasteiger partial charge in [-0.2, -0.15) is 14.1 Å². The fraction of sp³-hybridized carbons (Fsp3) is 0.286. The summed E-state index contributed by atoms with van der Waals surface area (Å²) in [6, 6.07) is 5.84. The van der Waals surface area contributed by atoms with Crippen LogP contribution < -0.4 is 5.56 Å². The summed E-state index contributed by atoms with van der Waals surface area (Å²) in [6.45, 7) is 1.38. The lowest BCUT2D eigenvalue weighted by molar-refractivity contribution is 0.0730. The van der Waals surface area contributed by atoms with Crippen LogP contribution in [0.15, 0.2) is 40.2 Å². The average Bonchev–Trinajstić information content (AvgIpc) is 2.61. The highest BCUT2D eigenvalue weighted by atomic mass is 35.5. The van der Waals surface area contributed by atoms with Crippen LogP contribution in [0.3, 0.4) is 0 Å². The molecule has 0 N–H and O–H groups in total. The number of hydrogen-bond acceptors (Lipinski definition) is 5. The summed E-state index contributed by atoms with van der Waals surface area (Å²) in [5.74, 6) is 0. The number of ether oxygens (including phenoxy) is 1. The molecule has 24 heavy (non-hydrogen) atoms. The maximum atomic E-state index is 12.5. The number of benzene rings is 1. The predicted octanol–water partition coefficient (Wildman–Crippen LogP) is 1.56. The van der Waals surface area contributed by atoms with Gasteiger partial charge >= 0.3 is 0 Å². The molecule has 7 nitrogen and oxygen atoms in total. The lowest BCUT2D eigenvalue weighted by Crippen LogP contribution is -2.40. The van der Waals surface area contributed by atoms with Gasteiger partial charge in [-0.05, 0) is 24.3 Å². The van der Waals surface area contributed by atoms with Gasteiger partial charge in [0.2, 0.25) is 10.0 Å². The van der Waals surface area contributed by atoms with E-state index in [0.29, 0.717) is 32.0 Å². The first-order chi connectivity index (χ1) is 11.4. The van der Waals surface area contributed by atoms with Crippen molar-refractivity contribution in [1.82, 2.24) is 14.1 Å². The van der Waals surface area contributed by atoms with Crippen LogP contribution in [0.4, 0.5) is 0 Å². The molecule has 1 aliphatic heterocycles. The molecule has 10 heteroatoms. The van der Waals surface area contributed by atoms with Crippen LogP contribution in [0, 0.1) is 0 Å². The van der Waals surface area contributed by atoms with Crippen molar-refractivity contribution in [2.45, 2.75) is 4.90 Å². The van der Waals surface area contributed by atoms with Gasteiger partial charge in [-0.3, -0.25) is 4.79 Å². The number of rotatable bonds is 3. The van der Waals surface area contributed by atoms with Crippen molar-refractivity contribution in [3.63, 3.8) is 0 Å². The number of sulfonamides is 1. The van der Waals surface area contributed by atoms with E-state index in [1.54, 1.807) is 0 Å². The zero-order valence-electron chi connectivity index (χ0n) is 12.4. The molecule has 2 heterocycles. The minimum atomic E-state index is -3.59. The molecule has 0 atom stereocenters. The van der Waals surface area contributed by atoms with E-state index in [0.717, 1.165) is 4.68 Å². The molecular weight excluding hydrogens is 377 g/mol. The summed E-state index contributed by atoms with van der Waals surface area (Å²) >= 11 is 11.6. The molecule has 0 unspecified atom stereocenters. The summed E-state index contributed by atoms with van der Waals surface area (Å²) in [5.41, 5.74) is -0.188. The van der Waals surface area contributed by atoms with E-state index in [4.69, 9.17) is 27.9 Å². The molecule has 0 amide bonds. The van der Waals surface area contributed by atoms with Crippen LogP contribution in [0.2, 0.25) is 10.0 Å². The summed E-state index contributed by atoms with van der Waals surface area (Å²) in [6.07, 6.45) is 1.25. The number of nitrogens with zero attached hydrogens (tertiary/aromatic N) is 3. The second-order valence-electron chi connectivity index (χ2n) is 5.03. The van der Waals surface area contributed by atoms with Crippen LogP contribution in [0.5, 0.6) is 0 Å². The molecule has 1 aromatic carbocycles. The minimum absolute atomic E-state index is 0.0597. The molecule has 0 spiro atoms. The Balaban J connectivity index is 1.94. The highest BCUT2D eigenvalue weighted by Crippen LogP contribution is 2.20. The Bertz CT molecular complexity index is 907. The van der Waals surface area contributed by atoms with E-state index in [1.165, 1.54) is 34.8 Å². The molecular formula is C14H13Cl2N3O4S. The Labute approximate surface area is 148 Å². The lowest BCUT2D eigenvalue weighted by atomic mass is 10.3. The predicted molar refractivity (Wildman–Crippen MR) is 89.4 cm³/mol. The quantitative estimate of drug-likeness (QED) is 0.795. The zero-order valence-corrected chi connectivity index (χ0v) is 14.7. The monoisotopic (exact) mass is 389 g/mol. The average molecular weight is 390 g/mol. The Kier molecular flexibility index (Phi) is 4.93. The van der Waals surface area contributed by atoms with E-state index < -0.39 is 15.6 Å². The number of aromatic nitrogens is 2. The van der Waals surface area contributed by atoms with Crippen molar-refractivity contribution in [2.24, 2.45) is 0 Å². The van der Waals surface area contributed by atoms with Crippen LogP contribution in [-0.4, -0.2) is 48.8 Å². The molecule has 3 rings (SSSR count). The third-order valence-corrected chi connectivity index (χ3v) is 6.23. The molecule has 1 aliphatic rings. The Morgan fingerprint density at radius 1 is 1.08 bits per heavy atom. The second kappa shape index (κ2) is 6.81. The van der Waals surface area contributed by atoms with Crippen molar-refractivity contribution in [3.05, 3.63) is 50.9 Å². The van der Waals surface area contributed by atoms with Gasteiger partial charge in [-0.15, -0.1) is 0 Å². The highest BCUT2D eigenvalue weighted by molar-refractivity contribution is 7.89. The maximum absolute atomic E-state index is 12.5. The van der Waals surface area contributed by atoms with Crippen LogP contribution in [-0.2, 0) is 14.8 Å². The second-order valence-corrected chi connectivity index (χ2v) is 7.76. The topological polar surface area (TPSA) is 81.5 Å². The number of hydrogen-bond donors (Lipinski definition) is 0. The van der Waals surface area contributed by atoms with Gasteiger partial charge in [-0.25, -0.2) is 8.42 Å². The van der Waals surface area contributed by atoms with Crippen LogP contribution >= 0.6 is 23.2 Å². The van der Waals surface area contributed by atoms with Gasteiger partial charge in [0, 0.05) is 13.1 Å². The third kappa shape index (κ3) is 3.20. The van der Waals surface area contributed by atoms with Crippen molar-refractivity contribution >= 4 is 33.2 Å². The van der Waals surface area contributed by atoms with E-state index >= 15 is 0 Å². The van der Waals surface area contributed by atoms with E-state index in [9.17, 15) is 13.2 Å². The number of halogens is 2. The normalized spacial score (nSPS) is 16.2. The molecule has 0 bridgehead atoms. The van der Waals surface area contributed by atoms with E-state index in [1.807, 2.05) is 0 Å². The standard InChI is InChI=1S/C14H13Cl2N3O4S/c15-12-9-17-19(14(20)13(12)16)10-1-3-11(4-2-10)24(21,22)18-5-7-23-8-6-18/h1-4,9H,5-8H2. The molecule has 0 radical (unpaired) electrons. The summed E-state index contributed by atoms with van der Waals surface area (Å²) in [5, 5.41) is 3.82. The van der Waals surface area contributed by atoms with Gasteiger partial charge in [0.25, 0.3) is 5.56 Å². The Hall–Kier alpha value is -1.45. The largest absolute Gasteiger partial charge is 0.379 e. The highest BCUT2D eigenvalue weighted by Gasteiger charge is 2.26. The summed E-state index contributed by atoms with van der Waals surface area (Å²) in [7, 11) is -3.59. The van der Waals surface area contributed by atoms with Crippen molar-refractivity contribution in [2.75, 3.05) is 26.3 Å². The van der Waals surface area contributed by atoms with Gasteiger partial charge in [0.05, 0.1) is 35.0 Å². The summed E-state index contributed by atoms with van der Waals surface area (Å²) in [4.78, 5) is 12.2. The molecule has 128 valence electrons. The van der Waals surface area contributed by atoms with Crippen LogP contribution in [0.1, 0.15) is 0 Å². The third-order valence-electron chi connectivity index (χ3n) is 3.57. The lowest BCUT2D eigenvalue weighted by Gasteiger charge is -2.26. The molecule has 2 aromatic rings. The minimum Gasteiger partial charge on any atom is -0.379 e. The molecule has 0 aliphatic carbocycles.